The van der Waals surface area contributed by atoms with E-state index in [1.54, 1.807) is 19.1 Å². The molecule has 0 aromatic heterocycles. The van der Waals surface area contributed by atoms with Crippen molar-refractivity contribution in [3.8, 4) is 0 Å². The van der Waals surface area contributed by atoms with Crippen LogP contribution in [0, 0.1) is 0 Å². The van der Waals surface area contributed by atoms with Gasteiger partial charge in [0.15, 0.2) is 0 Å². The molecule has 1 N–H and O–H groups in total. The Balaban J connectivity index is 2.09. The molecule has 0 aliphatic heterocycles. The van der Waals surface area contributed by atoms with Gasteiger partial charge >= 0.3 is 0 Å². The van der Waals surface area contributed by atoms with Gasteiger partial charge in [-0.25, -0.2) is 0 Å². The van der Waals surface area contributed by atoms with Crippen molar-refractivity contribution in [2.24, 2.45) is 0 Å². The topological polar surface area (TPSA) is 69.6 Å². The van der Waals surface area contributed by atoms with E-state index in [0.717, 1.165) is 11.1 Å². The summed E-state index contributed by atoms with van der Waals surface area (Å²) in [6.45, 7) is 2.03. The molecule has 2 unspecified atom stereocenters. The van der Waals surface area contributed by atoms with E-state index in [0.29, 0.717) is 6.61 Å². The Morgan fingerprint density at radius 1 is 1.14 bits per heavy atom. The molecule has 21 heavy (non-hydrogen) atoms. The van der Waals surface area contributed by atoms with Gasteiger partial charge in [0.25, 0.3) is 0 Å². The Hall–Kier alpha value is -1.53. The lowest BCUT2D eigenvalue weighted by molar-refractivity contribution is -0.0401. The first-order chi connectivity index (χ1) is 10.1. The van der Waals surface area contributed by atoms with E-state index in [4.69, 9.17) is 4.74 Å². The van der Waals surface area contributed by atoms with Gasteiger partial charge in [-0.15, -0.1) is 0 Å². The number of benzene rings is 2. The zero-order valence-electron chi connectivity index (χ0n) is 11.6. The molecule has 0 radical (unpaired) electrons. The second-order valence-electron chi connectivity index (χ2n) is 4.76. The van der Waals surface area contributed by atoms with E-state index in [1.807, 2.05) is 30.3 Å². The van der Waals surface area contributed by atoms with Gasteiger partial charge in [-0.05, 0) is 41.3 Å². The molecule has 0 heterocycles. The maximum absolute atomic E-state index is 10.8. The first-order valence-corrected chi connectivity index (χ1v) is 7.68. The number of hydrogen-bond acceptors (Lipinski definition) is 4. The summed E-state index contributed by atoms with van der Waals surface area (Å²) in [5, 5.41) is 9.88. The molecule has 0 bridgehead atoms. The predicted molar refractivity (Wildman–Crippen MR) is 79.3 cm³/mol. The van der Waals surface area contributed by atoms with Crippen LogP contribution in [0.25, 0.3) is 0 Å². The zero-order valence-corrected chi connectivity index (χ0v) is 12.5. The van der Waals surface area contributed by atoms with Crippen LogP contribution in [0.2, 0.25) is 0 Å². The highest BCUT2D eigenvalue weighted by molar-refractivity contribution is 7.79. The molecular weight excluding hydrogens is 288 g/mol. The summed E-state index contributed by atoms with van der Waals surface area (Å²) in [7, 11) is 0. The fourth-order valence-electron chi connectivity index (χ4n) is 2.04. The van der Waals surface area contributed by atoms with Crippen LogP contribution in [-0.2, 0) is 22.4 Å². The number of ether oxygens (including phenoxy) is 1. The van der Waals surface area contributed by atoms with Crippen LogP contribution in [0.3, 0.4) is 0 Å². The van der Waals surface area contributed by atoms with Gasteiger partial charge in [0.2, 0.25) is 0 Å². The van der Waals surface area contributed by atoms with Crippen LogP contribution in [0.1, 0.15) is 24.2 Å². The maximum atomic E-state index is 10.8. The molecule has 112 valence electrons. The van der Waals surface area contributed by atoms with Crippen molar-refractivity contribution in [1.82, 2.24) is 0 Å². The molecule has 0 aliphatic rings. The van der Waals surface area contributed by atoms with Crippen molar-refractivity contribution >= 4 is 11.1 Å². The number of aliphatic hydroxyl groups is 1. The highest BCUT2D eigenvalue weighted by atomic mass is 32.2. The van der Waals surface area contributed by atoms with Gasteiger partial charge in [0.1, 0.15) is 6.10 Å². The highest BCUT2D eigenvalue weighted by Gasteiger charge is 2.18. The van der Waals surface area contributed by atoms with Gasteiger partial charge in [0.05, 0.1) is 12.7 Å². The van der Waals surface area contributed by atoms with Gasteiger partial charge in [-0.1, -0.05) is 42.5 Å². The molecule has 0 spiro atoms. The third-order valence-electron chi connectivity index (χ3n) is 3.11. The fourth-order valence-corrected chi connectivity index (χ4v) is 2.40. The average molecular weight is 305 g/mol. The van der Waals surface area contributed by atoms with E-state index >= 15 is 0 Å². The molecule has 5 heteroatoms. The molecule has 3 atom stereocenters. The van der Waals surface area contributed by atoms with Crippen LogP contribution in [0.4, 0.5) is 0 Å². The minimum absolute atomic E-state index is 0.214. The molecule has 2 rings (SSSR count). The maximum Gasteiger partial charge on any atom is 0.108 e. The van der Waals surface area contributed by atoms with E-state index in [1.165, 1.54) is 12.1 Å². The third kappa shape index (κ3) is 4.47. The molecule has 0 saturated heterocycles. The molecule has 4 nitrogen and oxygen atoms in total. The Bertz CT molecular complexity index is 581. The van der Waals surface area contributed by atoms with Crippen molar-refractivity contribution in [1.29, 1.82) is 0 Å². The minimum Gasteiger partial charge on any atom is -0.768 e. The average Bonchev–Trinajstić information content (AvgIpc) is 2.48. The van der Waals surface area contributed by atoms with E-state index in [-0.39, 0.29) is 4.90 Å². The van der Waals surface area contributed by atoms with Crippen molar-refractivity contribution in [2.45, 2.75) is 30.6 Å². The van der Waals surface area contributed by atoms with Crippen molar-refractivity contribution in [2.75, 3.05) is 0 Å². The normalized spacial score (nSPS) is 15.4. The Labute approximate surface area is 126 Å². The Morgan fingerprint density at radius 3 is 2.29 bits per heavy atom. The number of aliphatic hydroxyl groups excluding tert-OH is 1. The van der Waals surface area contributed by atoms with Crippen LogP contribution >= 0.6 is 0 Å². The van der Waals surface area contributed by atoms with E-state index < -0.39 is 23.3 Å². The lowest BCUT2D eigenvalue weighted by Crippen LogP contribution is -2.18. The molecule has 2 aromatic carbocycles. The SMILES string of the molecule is C[C@@H](O)C(OCc1ccccc1)c1ccc(S(=O)[O-])cc1. The van der Waals surface area contributed by atoms with Crippen LogP contribution < -0.4 is 0 Å². The second-order valence-corrected chi connectivity index (χ2v) is 5.70. The van der Waals surface area contributed by atoms with Crippen molar-refractivity contribution in [3.63, 3.8) is 0 Å². The van der Waals surface area contributed by atoms with E-state index in [2.05, 4.69) is 0 Å². The smallest absolute Gasteiger partial charge is 0.108 e. The van der Waals surface area contributed by atoms with Crippen LogP contribution in [0.15, 0.2) is 59.5 Å². The van der Waals surface area contributed by atoms with E-state index in [9.17, 15) is 13.9 Å². The summed E-state index contributed by atoms with van der Waals surface area (Å²) in [4.78, 5) is 0.214. The highest BCUT2D eigenvalue weighted by Crippen LogP contribution is 2.24. The quantitative estimate of drug-likeness (QED) is 0.833. The molecule has 0 aliphatic carbocycles. The zero-order chi connectivity index (χ0) is 15.2. The summed E-state index contributed by atoms with van der Waals surface area (Å²) >= 11 is -2.25. The third-order valence-corrected chi connectivity index (χ3v) is 3.77. The molecule has 0 amide bonds. The van der Waals surface area contributed by atoms with Gasteiger partial charge < -0.3 is 14.4 Å². The minimum atomic E-state index is -2.25. The Kier molecular flexibility index (Phi) is 5.64. The summed E-state index contributed by atoms with van der Waals surface area (Å²) in [6.07, 6.45) is -1.20. The van der Waals surface area contributed by atoms with Crippen LogP contribution in [-0.4, -0.2) is 20.0 Å². The first kappa shape index (κ1) is 15.9. The summed E-state index contributed by atoms with van der Waals surface area (Å²) in [6, 6.07) is 16.0. The fraction of sp³-hybridized carbons (Fsp3) is 0.250. The number of hydrogen-bond donors (Lipinski definition) is 1. The summed E-state index contributed by atoms with van der Waals surface area (Å²) in [5.74, 6) is 0. The van der Waals surface area contributed by atoms with Crippen molar-refractivity contribution < 1.29 is 18.6 Å². The summed E-state index contributed by atoms with van der Waals surface area (Å²) < 4.78 is 27.5. The van der Waals surface area contributed by atoms with Gasteiger partial charge in [0, 0.05) is 4.90 Å². The molecule has 0 saturated carbocycles. The largest absolute Gasteiger partial charge is 0.768 e. The molecule has 0 fully saturated rings. The van der Waals surface area contributed by atoms with Crippen molar-refractivity contribution in [3.05, 3.63) is 65.7 Å². The van der Waals surface area contributed by atoms with Gasteiger partial charge in [-0.2, -0.15) is 0 Å². The second kappa shape index (κ2) is 7.47. The lowest BCUT2D eigenvalue weighted by Gasteiger charge is -2.21. The standard InChI is InChI=1S/C16H18O4S/c1-12(17)16(20-11-13-5-3-2-4-6-13)14-7-9-15(10-8-14)21(18)19/h2-10,12,16-17H,11H2,1H3,(H,18,19)/p-1/t12-,16?/m1/s1. The lowest BCUT2D eigenvalue weighted by atomic mass is 10.1. The molecular formula is C16H17O4S-. The monoisotopic (exact) mass is 305 g/mol. The Morgan fingerprint density at radius 2 is 1.76 bits per heavy atom. The predicted octanol–water partition coefficient (Wildman–Crippen LogP) is 2.56. The first-order valence-electron chi connectivity index (χ1n) is 6.60. The number of rotatable bonds is 6. The van der Waals surface area contributed by atoms with Gasteiger partial charge in [-0.3, -0.25) is 4.21 Å². The summed E-state index contributed by atoms with van der Waals surface area (Å²) in [5.41, 5.74) is 1.76. The molecule has 2 aromatic rings. The van der Waals surface area contributed by atoms with Crippen LogP contribution in [0.5, 0.6) is 0 Å².